The van der Waals surface area contributed by atoms with Crippen LogP contribution in [0.25, 0.3) is 10.9 Å². The van der Waals surface area contributed by atoms with E-state index in [0.717, 1.165) is 10.9 Å². The molecule has 2 aromatic carbocycles. The van der Waals surface area contributed by atoms with Crippen LogP contribution in [0.2, 0.25) is 0 Å². The molecule has 0 saturated carbocycles. The third-order valence-corrected chi connectivity index (χ3v) is 4.88. The van der Waals surface area contributed by atoms with Gasteiger partial charge in [0.05, 0.1) is 30.5 Å². The third kappa shape index (κ3) is 6.74. The van der Waals surface area contributed by atoms with Crippen molar-refractivity contribution < 1.29 is 14.3 Å². The largest absolute Gasteiger partial charge is 0.492 e. The number of rotatable bonds is 11. The molecule has 2 N–H and O–H groups in total. The summed E-state index contributed by atoms with van der Waals surface area (Å²) in [6.45, 7) is 3.50. The Morgan fingerprint density at radius 2 is 1.97 bits per heavy atom. The fourth-order valence-electron chi connectivity index (χ4n) is 3.35. The van der Waals surface area contributed by atoms with Crippen LogP contribution in [0.3, 0.4) is 0 Å². The number of anilines is 2. The van der Waals surface area contributed by atoms with Gasteiger partial charge < -0.3 is 25.0 Å². The lowest BCUT2D eigenvalue weighted by Crippen LogP contribution is -2.17. The first-order valence-electron chi connectivity index (χ1n) is 10.9. The number of fused-ring (bicyclic) bond motifs is 1. The van der Waals surface area contributed by atoms with Gasteiger partial charge in [-0.25, -0.2) is 9.97 Å². The van der Waals surface area contributed by atoms with Gasteiger partial charge in [0.1, 0.15) is 17.9 Å². The smallest absolute Gasteiger partial charge is 0.248 e. The van der Waals surface area contributed by atoms with Crippen LogP contribution in [0.1, 0.15) is 18.5 Å². The van der Waals surface area contributed by atoms with Gasteiger partial charge in [-0.2, -0.15) is 0 Å². The Balaban J connectivity index is 1.95. The standard InChI is InChI=1S/C25H31N5O3/c1-5-33-23-15-20-19(14-21(23)28-24(31)12-9-13-30(2)3)25(27-17-26-20)29-22(16-32-4)18-10-7-6-8-11-18/h6-12,14-15,17,22H,5,13,16H2,1-4H3,(H,28,31)(H,26,27,29)/t22-/m1/s1. The van der Waals surface area contributed by atoms with Crippen molar-refractivity contribution in [1.82, 2.24) is 14.9 Å². The van der Waals surface area contributed by atoms with Crippen molar-refractivity contribution in [2.24, 2.45) is 0 Å². The number of nitrogens with one attached hydrogen (secondary N) is 2. The minimum atomic E-state index is -0.231. The van der Waals surface area contributed by atoms with Crippen molar-refractivity contribution in [2.75, 3.05) is 51.6 Å². The molecule has 0 radical (unpaired) electrons. The van der Waals surface area contributed by atoms with Crippen LogP contribution in [0.4, 0.5) is 11.5 Å². The minimum absolute atomic E-state index is 0.104. The molecule has 1 heterocycles. The zero-order valence-electron chi connectivity index (χ0n) is 19.5. The molecule has 0 aliphatic heterocycles. The number of methoxy groups -OCH3 is 1. The third-order valence-electron chi connectivity index (χ3n) is 4.88. The number of benzene rings is 2. The molecule has 33 heavy (non-hydrogen) atoms. The quantitative estimate of drug-likeness (QED) is 0.430. The van der Waals surface area contributed by atoms with Crippen LogP contribution in [-0.2, 0) is 9.53 Å². The van der Waals surface area contributed by atoms with Gasteiger partial charge in [-0.1, -0.05) is 36.4 Å². The Morgan fingerprint density at radius 3 is 2.67 bits per heavy atom. The zero-order valence-corrected chi connectivity index (χ0v) is 19.5. The number of hydrogen-bond donors (Lipinski definition) is 2. The van der Waals surface area contributed by atoms with Gasteiger partial charge in [-0.3, -0.25) is 4.79 Å². The van der Waals surface area contributed by atoms with E-state index in [4.69, 9.17) is 9.47 Å². The van der Waals surface area contributed by atoms with Crippen LogP contribution in [0, 0.1) is 0 Å². The molecule has 0 unspecified atom stereocenters. The summed E-state index contributed by atoms with van der Waals surface area (Å²) in [5.41, 5.74) is 2.35. The van der Waals surface area contributed by atoms with E-state index in [1.54, 1.807) is 7.11 Å². The fraction of sp³-hybridized carbons (Fsp3) is 0.320. The highest BCUT2D eigenvalue weighted by Crippen LogP contribution is 2.33. The molecule has 3 rings (SSSR count). The van der Waals surface area contributed by atoms with Crippen LogP contribution in [0.15, 0.2) is 60.9 Å². The molecule has 8 nitrogen and oxygen atoms in total. The Hall–Kier alpha value is -3.49. The number of amides is 1. The van der Waals surface area contributed by atoms with Crippen molar-refractivity contribution in [3.63, 3.8) is 0 Å². The second-order valence-corrected chi connectivity index (χ2v) is 7.74. The molecule has 3 aromatic rings. The molecular weight excluding hydrogens is 418 g/mol. The Morgan fingerprint density at radius 1 is 1.18 bits per heavy atom. The minimum Gasteiger partial charge on any atom is -0.492 e. The van der Waals surface area contributed by atoms with Crippen molar-refractivity contribution in [3.8, 4) is 5.75 Å². The zero-order chi connectivity index (χ0) is 23.6. The number of likely N-dealkylation sites (N-methyl/N-ethyl adjacent to an activating group) is 1. The SMILES string of the molecule is CCOc1cc2ncnc(N[C@H](COC)c3ccccc3)c2cc1NC(=O)C=CCN(C)C. The van der Waals surface area contributed by atoms with Gasteiger partial charge in [0.25, 0.3) is 0 Å². The lowest BCUT2D eigenvalue weighted by Gasteiger charge is -2.20. The summed E-state index contributed by atoms with van der Waals surface area (Å²) < 4.78 is 11.2. The molecule has 0 spiro atoms. The van der Waals surface area contributed by atoms with E-state index in [-0.39, 0.29) is 11.9 Å². The topological polar surface area (TPSA) is 88.6 Å². The summed E-state index contributed by atoms with van der Waals surface area (Å²) in [5, 5.41) is 7.16. The highest BCUT2D eigenvalue weighted by atomic mass is 16.5. The van der Waals surface area contributed by atoms with E-state index in [2.05, 4.69) is 20.6 Å². The highest BCUT2D eigenvalue weighted by molar-refractivity contribution is 6.03. The van der Waals surface area contributed by atoms with Crippen LogP contribution in [0.5, 0.6) is 5.75 Å². The van der Waals surface area contributed by atoms with Crippen molar-refractivity contribution in [1.29, 1.82) is 0 Å². The first-order chi connectivity index (χ1) is 16.0. The van der Waals surface area contributed by atoms with E-state index in [1.807, 2.05) is 74.5 Å². The molecule has 0 aliphatic rings. The van der Waals surface area contributed by atoms with E-state index in [1.165, 1.54) is 12.4 Å². The number of hydrogen-bond acceptors (Lipinski definition) is 7. The Bertz CT molecular complexity index is 1090. The summed E-state index contributed by atoms with van der Waals surface area (Å²) in [6, 6.07) is 13.6. The maximum Gasteiger partial charge on any atom is 0.248 e. The van der Waals surface area contributed by atoms with Crippen LogP contribution in [-0.4, -0.2) is 61.7 Å². The first-order valence-corrected chi connectivity index (χ1v) is 10.9. The average molecular weight is 450 g/mol. The van der Waals surface area contributed by atoms with Crippen molar-refractivity contribution >= 4 is 28.3 Å². The maximum atomic E-state index is 12.5. The maximum absolute atomic E-state index is 12.5. The summed E-state index contributed by atoms with van der Waals surface area (Å²) in [7, 11) is 5.56. The molecule has 0 bridgehead atoms. The van der Waals surface area contributed by atoms with Crippen LogP contribution < -0.4 is 15.4 Å². The molecule has 0 aliphatic carbocycles. The molecule has 1 amide bonds. The van der Waals surface area contributed by atoms with E-state index < -0.39 is 0 Å². The van der Waals surface area contributed by atoms with Crippen molar-refractivity contribution in [3.05, 3.63) is 66.5 Å². The van der Waals surface area contributed by atoms with Gasteiger partial charge in [0.15, 0.2) is 0 Å². The predicted octanol–water partition coefficient (Wildman–Crippen LogP) is 3.88. The number of ether oxygens (including phenoxy) is 2. The van der Waals surface area contributed by atoms with Crippen LogP contribution >= 0.6 is 0 Å². The summed E-state index contributed by atoms with van der Waals surface area (Å²) in [5.74, 6) is 0.971. The predicted molar refractivity (Wildman–Crippen MR) is 132 cm³/mol. The van der Waals surface area contributed by atoms with Crippen molar-refractivity contribution in [2.45, 2.75) is 13.0 Å². The number of aromatic nitrogens is 2. The van der Waals surface area contributed by atoms with E-state index in [9.17, 15) is 4.79 Å². The number of nitrogens with zero attached hydrogens (tertiary/aromatic N) is 3. The number of carbonyl (C=O) groups excluding carboxylic acids is 1. The first kappa shape index (κ1) is 24.2. The van der Waals surface area contributed by atoms with Gasteiger partial charge in [-0.05, 0) is 32.6 Å². The lowest BCUT2D eigenvalue weighted by molar-refractivity contribution is -0.111. The second-order valence-electron chi connectivity index (χ2n) is 7.74. The second kappa shape index (κ2) is 11.9. The van der Waals surface area contributed by atoms with E-state index in [0.29, 0.717) is 42.5 Å². The lowest BCUT2D eigenvalue weighted by atomic mass is 10.1. The summed E-state index contributed by atoms with van der Waals surface area (Å²) >= 11 is 0. The van der Waals surface area contributed by atoms with Gasteiger partial charge in [0.2, 0.25) is 5.91 Å². The number of carbonyl (C=O) groups is 1. The van der Waals surface area contributed by atoms with Gasteiger partial charge >= 0.3 is 0 Å². The molecule has 1 aromatic heterocycles. The van der Waals surface area contributed by atoms with Gasteiger partial charge in [0, 0.05) is 31.2 Å². The normalized spacial score (nSPS) is 12.3. The Labute approximate surface area is 194 Å². The summed E-state index contributed by atoms with van der Waals surface area (Å²) in [6.07, 6.45) is 4.84. The van der Waals surface area contributed by atoms with E-state index >= 15 is 0 Å². The molecular formula is C25H31N5O3. The monoisotopic (exact) mass is 449 g/mol. The molecule has 8 heteroatoms. The molecule has 174 valence electrons. The Kier molecular flexibility index (Phi) is 8.74. The highest BCUT2D eigenvalue weighted by Gasteiger charge is 2.16. The summed E-state index contributed by atoms with van der Waals surface area (Å²) in [4.78, 5) is 23.3. The molecule has 0 fully saturated rings. The average Bonchev–Trinajstić information content (AvgIpc) is 2.80. The molecule has 0 saturated heterocycles. The van der Waals surface area contributed by atoms with Gasteiger partial charge in [-0.15, -0.1) is 0 Å². The molecule has 1 atom stereocenters. The fourth-order valence-corrected chi connectivity index (χ4v) is 3.35.